The third kappa shape index (κ3) is 3.44. The van der Waals surface area contributed by atoms with Gasteiger partial charge in [-0.3, -0.25) is 0 Å². The Morgan fingerprint density at radius 2 is 1.88 bits per heavy atom. The van der Waals surface area contributed by atoms with Gasteiger partial charge in [-0.2, -0.15) is 0 Å². The number of benzene rings is 1. The Labute approximate surface area is 96.7 Å². The van der Waals surface area contributed by atoms with Gasteiger partial charge in [0.2, 0.25) is 0 Å². The fraction of sp³-hybridized carbons (Fsp3) is 0.500. The summed E-state index contributed by atoms with van der Waals surface area (Å²) in [7, 11) is 0. The summed E-state index contributed by atoms with van der Waals surface area (Å²) in [6, 6.07) is 3.46. The van der Waals surface area contributed by atoms with Gasteiger partial charge in [-0.15, -0.1) is 0 Å². The van der Waals surface area contributed by atoms with E-state index in [-0.39, 0.29) is 17.5 Å². The van der Waals surface area contributed by atoms with E-state index in [4.69, 9.17) is 0 Å². The minimum absolute atomic E-state index is 0.154. The molecule has 1 unspecified atom stereocenters. The molecule has 0 spiro atoms. The second kappa shape index (κ2) is 5.24. The van der Waals surface area contributed by atoms with E-state index in [0.717, 1.165) is 16.7 Å². The van der Waals surface area contributed by atoms with Gasteiger partial charge in [0, 0.05) is 6.42 Å². The van der Waals surface area contributed by atoms with Crippen LogP contribution in [0.25, 0.3) is 0 Å². The Kier molecular flexibility index (Phi) is 4.22. The summed E-state index contributed by atoms with van der Waals surface area (Å²) in [4.78, 5) is 11.0. The Balaban J connectivity index is 2.81. The van der Waals surface area contributed by atoms with E-state index >= 15 is 0 Å². The number of carbonyl (C=O) groups excluding carboxylic acids is 1. The molecule has 0 saturated carbocycles. The SMILES string of the molecule is CC(=O)CC(C)Cc1cc(C)c(C)cc1F. The van der Waals surface area contributed by atoms with Crippen LogP contribution in [0.15, 0.2) is 12.1 Å². The maximum atomic E-state index is 13.6. The van der Waals surface area contributed by atoms with Gasteiger partial charge in [0.05, 0.1) is 0 Å². The highest BCUT2D eigenvalue weighted by Crippen LogP contribution is 2.19. The van der Waals surface area contributed by atoms with Crippen molar-refractivity contribution in [1.29, 1.82) is 0 Å². The average molecular weight is 222 g/mol. The molecule has 1 aromatic carbocycles. The van der Waals surface area contributed by atoms with Gasteiger partial charge >= 0.3 is 0 Å². The van der Waals surface area contributed by atoms with E-state index in [1.54, 1.807) is 13.0 Å². The van der Waals surface area contributed by atoms with Crippen molar-refractivity contribution < 1.29 is 9.18 Å². The first kappa shape index (κ1) is 12.9. The topological polar surface area (TPSA) is 17.1 Å². The van der Waals surface area contributed by atoms with Crippen LogP contribution < -0.4 is 0 Å². The van der Waals surface area contributed by atoms with Gasteiger partial charge < -0.3 is 4.79 Å². The summed E-state index contributed by atoms with van der Waals surface area (Å²) >= 11 is 0. The fourth-order valence-electron chi connectivity index (χ4n) is 1.94. The van der Waals surface area contributed by atoms with Crippen LogP contribution in [0.5, 0.6) is 0 Å². The Bertz CT molecular complexity index is 396. The molecular weight excluding hydrogens is 203 g/mol. The van der Waals surface area contributed by atoms with E-state index in [1.165, 1.54) is 0 Å². The largest absolute Gasteiger partial charge is 0.300 e. The monoisotopic (exact) mass is 222 g/mol. The van der Waals surface area contributed by atoms with Crippen LogP contribution in [0.1, 0.15) is 37.0 Å². The normalized spacial score (nSPS) is 12.6. The molecule has 0 amide bonds. The lowest BCUT2D eigenvalue weighted by molar-refractivity contribution is -0.117. The second-order valence-corrected chi connectivity index (χ2v) is 4.74. The van der Waals surface area contributed by atoms with Crippen LogP contribution in [0, 0.1) is 25.6 Å². The zero-order valence-corrected chi connectivity index (χ0v) is 10.4. The lowest BCUT2D eigenvalue weighted by atomic mass is 9.94. The molecular formula is C14H19FO. The first-order chi connectivity index (χ1) is 7.40. The Hall–Kier alpha value is -1.18. The molecule has 0 aromatic heterocycles. The molecule has 0 aliphatic carbocycles. The van der Waals surface area contributed by atoms with Crippen molar-refractivity contribution in [2.45, 2.75) is 40.5 Å². The van der Waals surface area contributed by atoms with Crippen molar-refractivity contribution in [3.05, 3.63) is 34.6 Å². The maximum absolute atomic E-state index is 13.6. The van der Waals surface area contributed by atoms with Crippen LogP contribution in [0.2, 0.25) is 0 Å². The van der Waals surface area contributed by atoms with Crippen LogP contribution in [0.4, 0.5) is 4.39 Å². The minimum Gasteiger partial charge on any atom is -0.300 e. The number of halogens is 1. The zero-order valence-electron chi connectivity index (χ0n) is 10.4. The second-order valence-electron chi connectivity index (χ2n) is 4.74. The lowest BCUT2D eigenvalue weighted by Gasteiger charge is -2.12. The van der Waals surface area contributed by atoms with Crippen molar-refractivity contribution in [2.24, 2.45) is 5.92 Å². The van der Waals surface area contributed by atoms with Crippen LogP contribution in [-0.4, -0.2) is 5.78 Å². The minimum atomic E-state index is -0.154. The molecule has 0 aliphatic heterocycles. The van der Waals surface area contributed by atoms with E-state index < -0.39 is 0 Å². The summed E-state index contributed by atoms with van der Waals surface area (Å²) in [6.07, 6.45) is 1.15. The average Bonchev–Trinajstić information content (AvgIpc) is 2.12. The van der Waals surface area contributed by atoms with E-state index in [2.05, 4.69) is 0 Å². The maximum Gasteiger partial charge on any atom is 0.130 e. The lowest BCUT2D eigenvalue weighted by Crippen LogP contribution is -2.07. The first-order valence-corrected chi connectivity index (χ1v) is 5.65. The molecule has 1 atom stereocenters. The first-order valence-electron chi connectivity index (χ1n) is 5.65. The molecule has 2 heteroatoms. The van der Waals surface area contributed by atoms with Crippen LogP contribution in [0.3, 0.4) is 0 Å². The third-order valence-electron chi connectivity index (χ3n) is 2.87. The van der Waals surface area contributed by atoms with Crippen LogP contribution in [-0.2, 0) is 11.2 Å². The molecule has 0 bridgehead atoms. The fourth-order valence-corrected chi connectivity index (χ4v) is 1.94. The summed E-state index contributed by atoms with van der Waals surface area (Å²) in [5.74, 6) is 0.212. The van der Waals surface area contributed by atoms with Crippen molar-refractivity contribution in [3.8, 4) is 0 Å². The number of ketones is 1. The van der Waals surface area contributed by atoms with E-state index in [1.807, 2.05) is 26.8 Å². The smallest absolute Gasteiger partial charge is 0.130 e. The van der Waals surface area contributed by atoms with Gasteiger partial charge in [0.25, 0.3) is 0 Å². The highest BCUT2D eigenvalue weighted by atomic mass is 19.1. The molecule has 16 heavy (non-hydrogen) atoms. The summed E-state index contributed by atoms with van der Waals surface area (Å²) in [5.41, 5.74) is 2.80. The molecule has 1 rings (SSSR count). The molecule has 0 heterocycles. The quantitative estimate of drug-likeness (QED) is 0.760. The molecule has 0 aliphatic rings. The predicted octanol–water partition coefficient (Wildman–Crippen LogP) is 3.60. The Morgan fingerprint density at radius 1 is 1.31 bits per heavy atom. The van der Waals surface area contributed by atoms with Crippen molar-refractivity contribution in [2.75, 3.05) is 0 Å². The number of carbonyl (C=O) groups is 1. The molecule has 1 nitrogen and oxygen atoms in total. The number of Topliss-reactive ketones (excluding diaryl/α,β-unsaturated/α-hetero) is 1. The van der Waals surface area contributed by atoms with Crippen LogP contribution >= 0.6 is 0 Å². The molecule has 88 valence electrons. The number of hydrogen-bond acceptors (Lipinski definition) is 1. The van der Waals surface area contributed by atoms with Gasteiger partial charge in [0.1, 0.15) is 11.6 Å². The molecule has 0 N–H and O–H groups in total. The zero-order chi connectivity index (χ0) is 12.3. The summed E-state index contributed by atoms with van der Waals surface area (Å²) < 4.78 is 13.6. The number of aryl methyl sites for hydroxylation is 2. The molecule has 0 fully saturated rings. The van der Waals surface area contributed by atoms with Crippen molar-refractivity contribution >= 4 is 5.78 Å². The Morgan fingerprint density at radius 3 is 2.44 bits per heavy atom. The van der Waals surface area contributed by atoms with E-state index in [9.17, 15) is 9.18 Å². The molecule has 0 saturated heterocycles. The van der Waals surface area contributed by atoms with Gasteiger partial charge in [0.15, 0.2) is 0 Å². The summed E-state index contributed by atoms with van der Waals surface area (Å²) in [5, 5.41) is 0. The van der Waals surface area contributed by atoms with Crippen molar-refractivity contribution in [1.82, 2.24) is 0 Å². The predicted molar refractivity (Wildman–Crippen MR) is 64.0 cm³/mol. The van der Waals surface area contributed by atoms with Gasteiger partial charge in [-0.25, -0.2) is 4.39 Å². The highest BCUT2D eigenvalue weighted by molar-refractivity contribution is 5.75. The standard InChI is InChI=1S/C14H19FO/c1-9(5-12(4)16)6-13-7-10(2)11(3)8-14(13)15/h7-9H,5-6H2,1-4H3. The number of rotatable bonds is 4. The van der Waals surface area contributed by atoms with Gasteiger partial charge in [-0.05, 0) is 55.9 Å². The summed E-state index contributed by atoms with van der Waals surface area (Å²) in [6.45, 7) is 7.44. The highest BCUT2D eigenvalue weighted by Gasteiger charge is 2.11. The van der Waals surface area contributed by atoms with Gasteiger partial charge in [-0.1, -0.05) is 13.0 Å². The van der Waals surface area contributed by atoms with Crippen molar-refractivity contribution in [3.63, 3.8) is 0 Å². The number of hydrogen-bond donors (Lipinski definition) is 0. The molecule has 1 aromatic rings. The molecule has 0 radical (unpaired) electrons. The third-order valence-corrected chi connectivity index (χ3v) is 2.87. The van der Waals surface area contributed by atoms with E-state index in [0.29, 0.717) is 12.8 Å².